The smallest absolute Gasteiger partial charge is 0.475 e. The van der Waals surface area contributed by atoms with Crippen LogP contribution in [-0.2, 0) is 37.4 Å². The van der Waals surface area contributed by atoms with Gasteiger partial charge in [-0.25, -0.2) is 17.9 Å². The van der Waals surface area contributed by atoms with Crippen molar-refractivity contribution in [3.63, 3.8) is 0 Å². The molecular formula is C32H36F3N5O6S. The molecule has 0 radical (unpaired) electrons. The van der Waals surface area contributed by atoms with Crippen LogP contribution in [-0.4, -0.2) is 90.8 Å². The summed E-state index contributed by atoms with van der Waals surface area (Å²) in [6, 6.07) is 21.8. The van der Waals surface area contributed by atoms with Crippen LogP contribution in [0.25, 0.3) is 10.8 Å². The maximum absolute atomic E-state index is 13.7. The summed E-state index contributed by atoms with van der Waals surface area (Å²) in [5, 5.41) is 13.1. The number of aromatic nitrogens is 2. The topological polar surface area (TPSA) is 142 Å². The number of carboxylic acid groups (broad SMARTS) is 1. The number of nitrogens with one attached hydrogen (secondary N) is 1. The largest absolute Gasteiger partial charge is 0.490 e. The monoisotopic (exact) mass is 675 g/mol. The van der Waals surface area contributed by atoms with Gasteiger partial charge in [0.15, 0.2) is 0 Å². The Morgan fingerprint density at radius 1 is 0.936 bits per heavy atom. The molecule has 252 valence electrons. The van der Waals surface area contributed by atoms with Gasteiger partial charge in [0.1, 0.15) is 5.92 Å². The summed E-state index contributed by atoms with van der Waals surface area (Å²) in [6.45, 7) is 3.79. The first-order valence-corrected chi connectivity index (χ1v) is 15.9. The minimum absolute atomic E-state index is 0.0190. The van der Waals surface area contributed by atoms with Gasteiger partial charge >= 0.3 is 12.1 Å². The Morgan fingerprint density at radius 2 is 1.55 bits per heavy atom. The molecule has 0 fully saturated rings. The molecule has 0 spiro atoms. The van der Waals surface area contributed by atoms with Crippen molar-refractivity contribution in [2.75, 3.05) is 33.7 Å². The molecule has 2 amide bonds. The number of nitrogens with zero attached hydrogens (tertiary/aromatic N) is 4. The Kier molecular flexibility index (Phi) is 12.6. The van der Waals surface area contributed by atoms with Crippen LogP contribution in [0.4, 0.5) is 13.2 Å². The molecule has 1 heterocycles. The first-order chi connectivity index (χ1) is 22.1. The lowest BCUT2D eigenvalue weighted by Crippen LogP contribution is -2.47. The van der Waals surface area contributed by atoms with Crippen LogP contribution in [0.15, 0.2) is 90.1 Å². The van der Waals surface area contributed by atoms with Crippen LogP contribution in [0.3, 0.4) is 0 Å². The third kappa shape index (κ3) is 10.9. The number of rotatable bonds is 12. The highest BCUT2D eigenvalue weighted by atomic mass is 32.2. The second kappa shape index (κ2) is 16.2. The van der Waals surface area contributed by atoms with Gasteiger partial charge in [-0.3, -0.25) is 14.3 Å². The van der Waals surface area contributed by atoms with E-state index in [9.17, 15) is 31.2 Å². The fraction of sp³-hybridized carbons (Fsp3) is 0.312. The van der Waals surface area contributed by atoms with E-state index in [4.69, 9.17) is 9.90 Å². The molecule has 4 rings (SSSR count). The molecule has 11 nitrogen and oxygen atoms in total. The van der Waals surface area contributed by atoms with Gasteiger partial charge < -0.3 is 14.9 Å². The van der Waals surface area contributed by atoms with Crippen LogP contribution < -0.4 is 4.72 Å². The average Bonchev–Trinajstić information content (AvgIpc) is 3.46. The van der Waals surface area contributed by atoms with Gasteiger partial charge in [-0.2, -0.15) is 18.3 Å². The van der Waals surface area contributed by atoms with E-state index in [1.807, 2.05) is 74.4 Å². The third-order valence-corrected chi connectivity index (χ3v) is 8.29. The number of hydrogen-bond donors (Lipinski definition) is 2. The third-order valence-electron chi connectivity index (χ3n) is 6.95. The van der Waals surface area contributed by atoms with Gasteiger partial charge in [-0.1, -0.05) is 60.7 Å². The minimum atomic E-state index is -5.08. The summed E-state index contributed by atoms with van der Waals surface area (Å²) in [4.78, 5) is 39.6. The normalized spacial score (nSPS) is 12.2. The molecule has 1 aromatic heterocycles. The molecule has 2 N–H and O–H groups in total. The standard InChI is InChI=1S/C30H35N5O4S.C2HF3O2/c1-4-34(17-16-33(2)3)30(37)28(18-24-20-31-35(22-24)21-23-10-6-5-7-11-23)29(36)32-40(38,39)27-15-14-25-12-8-9-13-26(25)19-27;3-2(4,5)1(6)7/h5-15,19-20,22,28H,4,16-18,21H2,1-3H3,(H,32,36);(H,6,7). The van der Waals surface area contributed by atoms with Crippen molar-refractivity contribution in [2.45, 2.75) is 31.0 Å². The highest BCUT2D eigenvalue weighted by Crippen LogP contribution is 2.20. The first-order valence-electron chi connectivity index (χ1n) is 14.4. The summed E-state index contributed by atoms with van der Waals surface area (Å²) >= 11 is 0. The molecule has 0 bridgehead atoms. The predicted octanol–water partition coefficient (Wildman–Crippen LogP) is 3.79. The molecule has 47 heavy (non-hydrogen) atoms. The number of carbonyl (C=O) groups is 3. The van der Waals surface area contributed by atoms with E-state index in [1.54, 1.807) is 34.1 Å². The van der Waals surface area contributed by atoms with E-state index >= 15 is 0 Å². The molecule has 0 aliphatic rings. The number of sulfonamides is 1. The van der Waals surface area contributed by atoms with E-state index in [2.05, 4.69) is 9.82 Å². The van der Waals surface area contributed by atoms with Crippen LogP contribution in [0, 0.1) is 5.92 Å². The van der Waals surface area contributed by atoms with Crippen molar-refractivity contribution >= 4 is 38.6 Å². The summed E-state index contributed by atoms with van der Waals surface area (Å²) in [5.41, 5.74) is 1.72. The molecule has 0 aliphatic heterocycles. The zero-order chi connectivity index (χ0) is 34.8. The zero-order valence-corrected chi connectivity index (χ0v) is 26.8. The number of carbonyl (C=O) groups excluding carboxylic acids is 2. The Bertz CT molecular complexity index is 1780. The van der Waals surface area contributed by atoms with Crippen LogP contribution in [0.1, 0.15) is 18.1 Å². The van der Waals surface area contributed by atoms with Gasteiger partial charge in [0.05, 0.1) is 17.6 Å². The Morgan fingerprint density at radius 3 is 2.15 bits per heavy atom. The van der Waals surface area contributed by atoms with Crippen molar-refractivity contribution in [1.82, 2.24) is 24.3 Å². The van der Waals surface area contributed by atoms with E-state index in [0.717, 1.165) is 16.3 Å². The Labute approximate surface area is 270 Å². The molecule has 1 unspecified atom stereocenters. The summed E-state index contributed by atoms with van der Waals surface area (Å²) in [7, 11) is -0.410. The van der Waals surface area contributed by atoms with Crippen molar-refractivity contribution < 1.29 is 41.1 Å². The van der Waals surface area contributed by atoms with Crippen LogP contribution in [0.5, 0.6) is 0 Å². The average molecular weight is 676 g/mol. The van der Waals surface area contributed by atoms with Gasteiger partial charge in [0, 0.05) is 25.8 Å². The van der Waals surface area contributed by atoms with Crippen molar-refractivity contribution in [3.05, 3.63) is 96.3 Å². The van der Waals surface area contributed by atoms with Crippen molar-refractivity contribution in [1.29, 1.82) is 0 Å². The lowest BCUT2D eigenvalue weighted by atomic mass is 9.99. The highest BCUT2D eigenvalue weighted by Gasteiger charge is 2.38. The number of halogens is 3. The number of amides is 2. The molecular weight excluding hydrogens is 639 g/mol. The van der Waals surface area contributed by atoms with E-state index in [1.165, 1.54) is 12.1 Å². The van der Waals surface area contributed by atoms with Gasteiger partial charge in [-0.05, 0) is 61.5 Å². The number of hydrogen-bond acceptors (Lipinski definition) is 7. The number of aliphatic carboxylic acids is 1. The molecule has 1 atom stereocenters. The summed E-state index contributed by atoms with van der Waals surface area (Å²) in [5.74, 6) is -5.29. The fourth-order valence-electron chi connectivity index (χ4n) is 4.46. The van der Waals surface area contributed by atoms with E-state index in [0.29, 0.717) is 31.7 Å². The predicted molar refractivity (Wildman–Crippen MR) is 169 cm³/mol. The SMILES string of the molecule is CCN(CCN(C)C)C(=O)C(Cc1cnn(Cc2ccccc2)c1)C(=O)NS(=O)(=O)c1ccc2ccccc2c1.O=C(O)C(F)(F)F. The first kappa shape index (κ1) is 36.7. The van der Waals surface area contributed by atoms with Gasteiger partial charge in [-0.15, -0.1) is 0 Å². The van der Waals surface area contributed by atoms with Crippen LogP contribution >= 0.6 is 0 Å². The number of alkyl halides is 3. The van der Waals surface area contributed by atoms with Gasteiger partial charge in [0.2, 0.25) is 11.8 Å². The van der Waals surface area contributed by atoms with Crippen LogP contribution in [0.2, 0.25) is 0 Å². The Hall–Kier alpha value is -4.76. The van der Waals surface area contributed by atoms with Crippen molar-refractivity contribution in [2.24, 2.45) is 5.92 Å². The highest BCUT2D eigenvalue weighted by molar-refractivity contribution is 7.90. The van der Waals surface area contributed by atoms with E-state index < -0.39 is 39.9 Å². The van der Waals surface area contributed by atoms with E-state index in [-0.39, 0.29) is 11.3 Å². The quantitative estimate of drug-likeness (QED) is 0.216. The number of fused-ring (bicyclic) bond motifs is 1. The second-order valence-electron chi connectivity index (χ2n) is 10.8. The maximum Gasteiger partial charge on any atom is 0.490 e. The molecule has 0 saturated carbocycles. The molecule has 0 aliphatic carbocycles. The number of likely N-dealkylation sites (N-methyl/N-ethyl adjacent to an activating group) is 2. The number of carboxylic acids is 1. The summed E-state index contributed by atoms with van der Waals surface area (Å²) < 4.78 is 62.1. The molecule has 4 aromatic rings. The Balaban J connectivity index is 0.000000771. The molecule has 3 aromatic carbocycles. The minimum Gasteiger partial charge on any atom is -0.475 e. The number of benzene rings is 3. The fourth-order valence-corrected chi connectivity index (χ4v) is 5.51. The lowest BCUT2D eigenvalue weighted by Gasteiger charge is -2.27. The summed E-state index contributed by atoms with van der Waals surface area (Å²) in [6.07, 6.45) is -1.66. The van der Waals surface area contributed by atoms with Crippen molar-refractivity contribution in [3.8, 4) is 0 Å². The zero-order valence-electron chi connectivity index (χ0n) is 26.0. The van der Waals surface area contributed by atoms with Gasteiger partial charge in [0.25, 0.3) is 10.0 Å². The second-order valence-corrected chi connectivity index (χ2v) is 12.5. The lowest BCUT2D eigenvalue weighted by molar-refractivity contribution is -0.192. The maximum atomic E-state index is 13.7. The molecule has 15 heteroatoms. The molecule has 0 saturated heterocycles.